The van der Waals surface area contributed by atoms with Gasteiger partial charge in [0.1, 0.15) is 5.00 Å². The Bertz CT molecular complexity index is 435. The highest BCUT2D eigenvalue weighted by molar-refractivity contribution is 6.28. The normalized spacial score (nSPS) is 26.1. The zero-order valence-electron chi connectivity index (χ0n) is 12.0. The van der Waals surface area contributed by atoms with Gasteiger partial charge in [0.2, 0.25) is 11.8 Å². The molecule has 2 atom stereocenters. The minimum atomic E-state index is -1.21. The molecule has 0 heterocycles. The van der Waals surface area contributed by atoms with Crippen LogP contribution in [0, 0.1) is 11.3 Å². The fourth-order valence-electron chi connectivity index (χ4n) is 1.64. The minimum Gasteiger partial charge on any atom is -0.348 e. The lowest BCUT2D eigenvalue weighted by atomic mass is 9.90. The van der Waals surface area contributed by atoms with Crippen LogP contribution in [-0.4, -0.2) is 35.8 Å². The van der Waals surface area contributed by atoms with Crippen molar-refractivity contribution in [3.63, 3.8) is 0 Å². The van der Waals surface area contributed by atoms with Crippen LogP contribution in [0.3, 0.4) is 0 Å². The largest absolute Gasteiger partial charge is 0.348 e. The van der Waals surface area contributed by atoms with E-state index in [1.165, 1.54) is 4.90 Å². The Balaban J connectivity index is 3.00. The minimum absolute atomic E-state index is 0.148. The number of nitrogens with one attached hydrogen (secondary N) is 1. The van der Waals surface area contributed by atoms with Crippen LogP contribution in [0.25, 0.3) is 0 Å². The van der Waals surface area contributed by atoms with Gasteiger partial charge in [-0.25, -0.2) is 0 Å². The summed E-state index contributed by atoms with van der Waals surface area (Å²) < 4.78 is 0. The number of rotatable bonds is 2. The van der Waals surface area contributed by atoms with Crippen LogP contribution in [0.1, 0.15) is 20.8 Å². The molecule has 5 heteroatoms. The molecule has 0 aromatic carbocycles. The predicted molar refractivity (Wildman–Crippen MR) is 76.6 cm³/mol. The smallest absolute Gasteiger partial charge is 0.233 e. The number of allylic oxidation sites excluding steroid dienone is 2. The molecular formula is C14H21ClN2O2. The molecule has 0 aromatic rings. The van der Waals surface area contributed by atoms with Gasteiger partial charge in [0.15, 0.2) is 0 Å². The van der Waals surface area contributed by atoms with Crippen LogP contribution in [0.4, 0.5) is 0 Å². The van der Waals surface area contributed by atoms with Crippen LogP contribution in [-0.2, 0) is 9.59 Å². The van der Waals surface area contributed by atoms with Gasteiger partial charge in [-0.1, -0.05) is 50.6 Å². The summed E-state index contributed by atoms with van der Waals surface area (Å²) in [6.45, 7) is 5.40. The Morgan fingerprint density at radius 1 is 1.26 bits per heavy atom. The quantitative estimate of drug-likeness (QED) is 0.622. The van der Waals surface area contributed by atoms with Gasteiger partial charge in [-0.3, -0.25) is 9.59 Å². The van der Waals surface area contributed by atoms with Crippen molar-refractivity contribution >= 4 is 23.4 Å². The first-order valence-electron chi connectivity index (χ1n) is 6.16. The van der Waals surface area contributed by atoms with E-state index < -0.39 is 16.3 Å². The summed E-state index contributed by atoms with van der Waals surface area (Å²) >= 11 is 6.46. The lowest BCUT2D eigenvalue weighted by molar-refractivity contribution is -0.134. The van der Waals surface area contributed by atoms with Gasteiger partial charge >= 0.3 is 0 Å². The Kier molecular flexibility index (Phi) is 4.46. The number of hydrogen-bond acceptors (Lipinski definition) is 2. The van der Waals surface area contributed by atoms with Gasteiger partial charge in [0.25, 0.3) is 0 Å². The molecule has 0 fully saturated rings. The monoisotopic (exact) mass is 284 g/mol. The fourth-order valence-corrected chi connectivity index (χ4v) is 1.96. The van der Waals surface area contributed by atoms with Gasteiger partial charge in [-0.05, 0) is 6.08 Å². The molecular weight excluding hydrogens is 264 g/mol. The summed E-state index contributed by atoms with van der Waals surface area (Å²) in [6.07, 6.45) is 6.84. The third-order valence-corrected chi connectivity index (χ3v) is 3.35. The van der Waals surface area contributed by atoms with Crippen molar-refractivity contribution in [1.82, 2.24) is 10.2 Å². The molecule has 0 saturated carbocycles. The number of halogens is 1. The molecule has 19 heavy (non-hydrogen) atoms. The number of hydrogen-bond donors (Lipinski definition) is 1. The summed E-state index contributed by atoms with van der Waals surface area (Å²) in [4.78, 5) is 24.5. The summed E-state index contributed by atoms with van der Waals surface area (Å²) in [6, 6.07) is 0. The van der Waals surface area contributed by atoms with Crippen molar-refractivity contribution in [3.05, 3.63) is 24.3 Å². The standard InChI is InChI=1S/C14H21ClN2O2/c1-13(2,3)12(19)16-14(15)9-7-6-8-10(14)11(18)17(4)5/h6-10H,1-5H3,(H,16,19). The SMILES string of the molecule is CN(C)C(=O)C1C=CC=CC1(Cl)NC(=O)C(C)(C)C. The van der Waals surface area contributed by atoms with Gasteiger partial charge in [0, 0.05) is 19.5 Å². The van der Waals surface area contributed by atoms with E-state index in [1.807, 2.05) is 0 Å². The van der Waals surface area contributed by atoms with Gasteiger partial charge in [0.05, 0.1) is 5.92 Å². The second kappa shape index (κ2) is 5.37. The van der Waals surface area contributed by atoms with E-state index in [0.29, 0.717) is 0 Å². The summed E-state index contributed by atoms with van der Waals surface area (Å²) in [5.74, 6) is -0.954. The molecule has 2 unspecified atom stereocenters. The number of amides is 2. The molecule has 0 radical (unpaired) electrons. The Labute approximate surface area is 119 Å². The van der Waals surface area contributed by atoms with Crippen LogP contribution >= 0.6 is 11.6 Å². The summed E-state index contributed by atoms with van der Waals surface area (Å²) in [5, 5.41) is 2.76. The Hall–Kier alpha value is -1.29. The van der Waals surface area contributed by atoms with Crippen LogP contribution < -0.4 is 5.32 Å². The van der Waals surface area contributed by atoms with Crippen molar-refractivity contribution in [2.75, 3.05) is 14.1 Å². The molecule has 0 aromatic heterocycles. The maximum atomic E-state index is 12.1. The molecule has 0 aliphatic heterocycles. The van der Waals surface area contributed by atoms with Crippen molar-refractivity contribution in [2.45, 2.75) is 25.8 Å². The number of alkyl halides is 1. The Morgan fingerprint density at radius 2 is 1.84 bits per heavy atom. The first-order chi connectivity index (χ1) is 8.58. The second-order valence-electron chi connectivity index (χ2n) is 5.93. The molecule has 0 bridgehead atoms. The topological polar surface area (TPSA) is 49.4 Å². The van der Waals surface area contributed by atoms with Gasteiger partial charge in [-0.2, -0.15) is 0 Å². The van der Waals surface area contributed by atoms with Crippen molar-refractivity contribution in [1.29, 1.82) is 0 Å². The molecule has 1 aliphatic rings. The summed E-state index contributed by atoms with van der Waals surface area (Å²) in [5.41, 5.74) is -0.567. The average molecular weight is 285 g/mol. The highest BCUT2D eigenvalue weighted by atomic mass is 35.5. The van der Waals surface area contributed by atoms with E-state index in [1.54, 1.807) is 59.2 Å². The highest BCUT2D eigenvalue weighted by Gasteiger charge is 2.42. The Morgan fingerprint density at radius 3 is 2.32 bits per heavy atom. The third kappa shape index (κ3) is 3.60. The fraction of sp³-hybridized carbons (Fsp3) is 0.571. The second-order valence-corrected chi connectivity index (χ2v) is 6.55. The molecule has 2 amide bonds. The van der Waals surface area contributed by atoms with Gasteiger partial charge < -0.3 is 10.2 Å². The first kappa shape index (κ1) is 15.8. The molecule has 106 valence electrons. The molecule has 1 N–H and O–H groups in total. The van der Waals surface area contributed by atoms with E-state index in [9.17, 15) is 9.59 Å². The van der Waals surface area contributed by atoms with E-state index in [0.717, 1.165) is 0 Å². The zero-order valence-corrected chi connectivity index (χ0v) is 12.8. The molecule has 0 spiro atoms. The molecule has 1 rings (SSSR count). The van der Waals surface area contributed by atoms with Crippen molar-refractivity contribution in [2.24, 2.45) is 11.3 Å². The maximum absolute atomic E-state index is 12.1. The zero-order chi connectivity index (χ0) is 14.8. The maximum Gasteiger partial charge on any atom is 0.233 e. The van der Waals surface area contributed by atoms with Crippen LogP contribution in [0.5, 0.6) is 0 Å². The van der Waals surface area contributed by atoms with Gasteiger partial charge in [-0.15, -0.1) is 0 Å². The highest BCUT2D eigenvalue weighted by Crippen LogP contribution is 2.31. The van der Waals surface area contributed by atoms with E-state index >= 15 is 0 Å². The lowest BCUT2D eigenvalue weighted by Gasteiger charge is -2.36. The number of nitrogens with zero attached hydrogens (tertiary/aromatic N) is 1. The predicted octanol–water partition coefficient (Wildman–Crippen LogP) is 1.91. The van der Waals surface area contributed by atoms with Crippen molar-refractivity contribution in [3.8, 4) is 0 Å². The summed E-state index contributed by atoms with van der Waals surface area (Å²) in [7, 11) is 3.33. The first-order valence-corrected chi connectivity index (χ1v) is 6.54. The molecule has 1 aliphatic carbocycles. The molecule has 0 saturated heterocycles. The average Bonchev–Trinajstić information content (AvgIpc) is 2.26. The van der Waals surface area contributed by atoms with Crippen LogP contribution in [0.15, 0.2) is 24.3 Å². The number of carbonyl (C=O) groups is 2. The van der Waals surface area contributed by atoms with Crippen LogP contribution in [0.2, 0.25) is 0 Å². The molecule has 4 nitrogen and oxygen atoms in total. The van der Waals surface area contributed by atoms with Crippen molar-refractivity contribution < 1.29 is 9.59 Å². The van der Waals surface area contributed by atoms with E-state index in [4.69, 9.17) is 11.6 Å². The third-order valence-electron chi connectivity index (χ3n) is 2.90. The number of carbonyl (C=O) groups excluding carboxylic acids is 2. The van der Waals surface area contributed by atoms with E-state index in [-0.39, 0.29) is 11.8 Å². The lowest BCUT2D eigenvalue weighted by Crippen LogP contribution is -2.55. The van der Waals surface area contributed by atoms with E-state index in [2.05, 4.69) is 5.32 Å².